The van der Waals surface area contributed by atoms with Gasteiger partial charge in [0.1, 0.15) is 0 Å². The van der Waals surface area contributed by atoms with Gasteiger partial charge in [-0.2, -0.15) is 0 Å². The number of Topliss-reactive ketones (excluding diaryl/α,β-unsaturated/α-hetero) is 1. The molecule has 37 heavy (non-hydrogen) atoms. The highest BCUT2D eigenvalue weighted by Crippen LogP contribution is 2.54. The van der Waals surface area contributed by atoms with Crippen molar-refractivity contribution in [1.29, 1.82) is 0 Å². The molecule has 6 nitrogen and oxygen atoms in total. The second-order valence-corrected chi connectivity index (χ2v) is 11.2. The number of allylic oxidation sites excluding steroid dienone is 2. The number of nitrogens with zero attached hydrogens (tertiary/aromatic N) is 3. The number of hydrogen-bond donors (Lipinski definition) is 2. The number of carbonyl (C=O) groups excluding carboxylic acids is 1. The lowest BCUT2D eigenvalue weighted by atomic mass is 9.86. The highest BCUT2D eigenvalue weighted by Gasteiger charge is 2.45. The summed E-state index contributed by atoms with van der Waals surface area (Å²) in [5.41, 5.74) is 5.89. The molecule has 0 saturated heterocycles. The highest BCUT2D eigenvalue weighted by molar-refractivity contribution is 5.98. The van der Waals surface area contributed by atoms with Crippen LogP contribution in [-0.4, -0.2) is 37.6 Å². The molecule has 1 spiro atoms. The van der Waals surface area contributed by atoms with Crippen molar-refractivity contribution in [2.24, 2.45) is 5.92 Å². The van der Waals surface area contributed by atoms with Gasteiger partial charge in [0.25, 0.3) is 0 Å². The summed E-state index contributed by atoms with van der Waals surface area (Å²) in [7, 11) is 0. The monoisotopic (exact) mass is 497 g/mol. The predicted molar refractivity (Wildman–Crippen MR) is 144 cm³/mol. The summed E-state index contributed by atoms with van der Waals surface area (Å²) in [4.78, 5) is 26.9. The van der Waals surface area contributed by atoms with Gasteiger partial charge in [-0.15, -0.1) is 0 Å². The Balaban J connectivity index is 1.42. The number of benzene rings is 1. The lowest BCUT2D eigenvalue weighted by molar-refractivity contribution is 0.0785. The first kappa shape index (κ1) is 25.4. The molecule has 3 aromatic rings. The number of rotatable bonds is 8. The fourth-order valence-corrected chi connectivity index (χ4v) is 5.32. The maximum Gasteiger partial charge on any atom is 0.165 e. The number of aromatic nitrogens is 3. The van der Waals surface area contributed by atoms with Crippen LogP contribution in [0.4, 0.5) is 0 Å². The highest BCUT2D eigenvalue weighted by atomic mass is 16.3. The quantitative estimate of drug-likeness (QED) is 0.404. The minimum atomic E-state index is -0.952. The van der Waals surface area contributed by atoms with E-state index in [1.807, 2.05) is 25.1 Å². The average Bonchev–Trinajstić information content (AvgIpc) is 3.71. The van der Waals surface area contributed by atoms with Crippen LogP contribution >= 0.6 is 0 Å². The average molecular weight is 498 g/mol. The zero-order chi connectivity index (χ0) is 26.2. The van der Waals surface area contributed by atoms with Crippen molar-refractivity contribution in [3.8, 4) is 11.3 Å². The number of aliphatic hydroxyl groups is 2. The number of aliphatic hydroxyl groups excluding tert-OH is 1. The van der Waals surface area contributed by atoms with Gasteiger partial charge in [-0.25, -0.2) is 9.97 Å². The van der Waals surface area contributed by atoms with Gasteiger partial charge < -0.3 is 10.2 Å². The predicted octanol–water partition coefficient (Wildman–Crippen LogP) is 5.42. The van der Waals surface area contributed by atoms with E-state index < -0.39 is 5.60 Å². The van der Waals surface area contributed by atoms with E-state index in [1.165, 1.54) is 11.1 Å². The number of fused-ring (bicyclic) bond motifs is 2. The maximum atomic E-state index is 13.1. The van der Waals surface area contributed by atoms with Crippen molar-refractivity contribution in [1.82, 2.24) is 15.0 Å². The first-order valence-corrected chi connectivity index (χ1v) is 13.2. The van der Waals surface area contributed by atoms with Crippen LogP contribution in [0.3, 0.4) is 0 Å². The lowest BCUT2D eigenvalue weighted by Crippen LogP contribution is -2.15. The third-order valence-corrected chi connectivity index (χ3v) is 7.88. The van der Waals surface area contributed by atoms with Crippen LogP contribution in [0, 0.1) is 5.92 Å². The summed E-state index contributed by atoms with van der Waals surface area (Å²) in [6.07, 6.45) is 12.8. The molecule has 0 radical (unpaired) electrons. The fraction of sp³-hybridized carbons (Fsp3) is 0.419. The van der Waals surface area contributed by atoms with Gasteiger partial charge in [0.05, 0.1) is 11.3 Å². The third kappa shape index (κ3) is 5.27. The summed E-state index contributed by atoms with van der Waals surface area (Å²) in [5, 5.41) is 19.5. The Labute approximate surface area is 218 Å². The number of hydrogen-bond acceptors (Lipinski definition) is 6. The summed E-state index contributed by atoms with van der Waals surface area (Å²) < 4.78 is 0. The molecule has 1 aromatic carbocycles. The number of carbonyl (C=O) groups is 1. The molecule has 192 valence electrons. The molecule has 5 rings (SSSR count). The van der Waals surface area contributed by atoms with Gasteiger partial charge >= 0.3 is 0 Å². The van der Waals surface area contributed by atoms with E-state index in [2.05, 4.69) is 23.2 Å². The second kappa shape index (κ2) is 9.92. The molecule has 0 aliphatic heterocycles. The molecule has 6 heteroatoms. The molecular weight excluding hydrogens is 462 g/mol. The Kier molecular flexibility index (Phi) is 6.82. The van der Waals surface area contributed by atoms with Crippen molar-refractivity contribution >= 4 is 11.4 Å². The van der Waals surface area contributed by atoms with E-state index in [1.54, 1.807) is 32.4 Å². The van der Waals surface area contributed by atoms with E-state index in [0.29, 0.717) is 25.1 Å². The first-order valence-electron chi connectivity index (χ1n) is 13.2. The van der Waals surface area contributed by atoms with Gasteiger partial charge in [-0.3, -0.25) is 9.78 Å². The number of ketones is 1. The summed E-state index contributed by atoms with van der Waals surface area (Å²) in [6, 6.07) is 9.91. The standard InChI is InChI=1S/C31H35N3O3/c1-20(5-4-14-35)28(36)21-6-7-26-23(15-21)16-22(8-10-31(26)11-12-31)29-33-18-24(19-34-29)27-17-25(9-13-32-27)30(2,3)37/h6-9,13,15,17-20,35,37H,4-5,10-12,14,16H2,1-3H3. The van der Waals surface area contributed by atoms with Crippen LogP contribution in [0.5, 0.6) is 0 Å². The first-order chi connectivity index (χ1) is 17.7. The fourth-order valence-electron chi connectivity index (χ4n) is 5.32. The Morgan fingerprint density at radius 2 is 1.86 bits per heavy atom. The molecule has 2 N–H and O–H groups in total. The van der Waals surface area contributed by atoms with Crippen LogP contribution < -0.4 is 0 Å². The molecule has 0 amide bonds. The molecule has 0 bridgehead atoms. The molecule has 2 aliphatic carbocycles. The third-order valence-electron chi connectivity index (χ3n) is 7.88. The molecular formula is C31H35N3O3. The summed E-state index contributed by atoms with van der Waals surface area (Å²) in [6.45, 7) is 5.56. The van der Waals surface area contributed by atoms with Crippen LogP contribution in [0.1, 0.15) is 85.7 Å². The normalized spacial score (nSPS) is 17.1. The van der Waals surface area contributed by atoms with Crippen molar-refractivity contribution in [2.75, 3.05) is 6.61 Å². The zero-order valence-corrected chi connectivity index (χ0v) is 21.9. The van der Waals surface area contributed by atoms with E-state index in [-0.39, 0.29) is 23.7 Å². The molecule has 2 heterocycles. The lowest BCUT2D eigenvalue weighted by Gasteiger charge is -2.18. The smallest absolute Gasteiger partial charge is 0.165 e. The minimum Gasteiger partial charge on any atom is -0.396 e. The second-order valence-electron chi connectivity index (χ2n) is 11.2. The molecule has 2 aliphatic rings. The number of pyridine rings is 1. The Morgan fingerprint density at radius 3 is 2.54 bits per heavy atom. The van der Waals surface area contributed by atoms with Gasteiger partial charge in [0.15, 0.2) is 11.6 Å². The van der Waals surface area contributed by atoms with E-state index in [4.69, 9.17) is 15.1 Å². The Morgan fingerprint density at radius 1 is 1.11 bits per heavy atom. The SMILES string of the molecule is CC(CCCO)C(=O)c1ccc2c(c1)CC(c1ncc(-c3cc(C(C)(C)O)ccn3)cn1)=CCC21CC1. The zero-order valence-electron chi connectivity index (χ0n) is 21.9. The molecule has 1 unspecified atom stereocenters. The van der Waals surface area contributed by atoms with E-state index >= 15 is 0 Å². The summed E-state index contributed by atoms with van der Waals surface area (Å²) >= 11 is 0. The molecule has 2 aromatic heterocycles. The topological polar surface area (TPSA) is 96.2 Å². The molecule has 1 saturated carbocycles. The van der Waals surface area contributed by atoms with Crippen LogP contribution in [-0.2, 0) is 17.4 Å². The minimum absolute atomic E-state index is 0.109. The van der Waals surface area contributed by atoms with E-state index in [0.717, 1.165) is 47.2 Å². The van der Waals surface area contributed by atoms with Gasteiger partial charge in [0.2, 0.25) is 0 Å². The van der Waals surface area contributed by atoms with Crippen LogP contribution in [0.25, 0.3) is 16.8 Å². The van der Waals surface area contributed by atoms with Gasteiger partial charge in [-0.05, 0) is 91.8 Å². The Bertz CT molecular complexity index is 1330. The van der Waals surface area contributed by atoms with Crippen molar-refractivity contribution in [3.63, 3.8) is 0 Å². The van der Waals surface area contributed by atoms with Gasteiger partial charge in [-0.1, -0.05) is 25.1 Å². The largest absolute Gasteiger partial charge is 0.396 e. The molecule has 1 atom stereocenters. The van der Waals surface area contributed by atoms with Gasteiger partial charge in [0, 0.05) is 48.7 Å². The Hall–Kier alpha value is -3.22. The van der Waals surface area contributed by atoms with Crippen molar-refractivity contribution < 1.29 is 15.0 Å². The van der Waals surface area contributed by atoms with Crippen molar-refractivity contribution in [3.05, 3.63) is 83.1 Å². The molecule has 1 fully saturated rings. The maximum absolute atomic E-state index is 13.1. The summed E-state index contributed by atoms with van der Waals surface area (Å²) in [5.74, 6) is 0.719. The van der Waals surface area contributed by atoms with Crippen LogP contribution in [0.2, 0.25) is 0 Å². The van der Waals surface area contributed by atoms with E-state index in [9.17, 15) is 9.90 Å². The van der Waals surface area contributed by atoms with Crippen molar-refractivity contribution in [2.45, 2.75) is 70.3 Å². The van der Waals surface area contributed by atoms with Crippen LogP contribution in [0.15, 0.2) is 55.0 Å².